The van der Waals surface area contributed by atoms with E-state index < -0.39 is 41.5 Å². The molecule has 0 saturated carbocycles. The summed E-state index contributed by atoms with van der Waals surface area (Å²) in [6, 6.07) is 10.8. The first kappa shape index (κ1) is 19.7. The van der Waals surface area contributed by atoms with Crippen LogP contribution < -0.4 is 5.73 Å². The molecule has 0 amide bonds. The number of hydrogen-bond donors (Lipinski definition) is 4. The number of benzene rings is 3. The third-order valence-corrected chi connectivity index (χ3v) is 5.45. The van der Waals surface area contributed by atoms with Crippen LogP contribution in [0.15, 0.2) is 68.6 Å². The predicted octanol–water partition coefficient (Wildman–Crippen LogP) is 3.04. The van der Waals surface area contributed by atoms with Gasteiger partial charge in [0.15, 0.2) is 5.75 Å². The molecule has 0 aromatic heterocycles. The number of phenolic OH excluding ortho intramolecular Hbond substituents is 1. The summed E-state index contributed by atoms with van der Waals surface area (Å²) in [7, 11) is -9.53. The molecule has 0 aliphatic carbocycles. The van der Waals surface area contributed by atoms with Gasteiger partial charge in [0, 0.05) is 11.1 Å². The minimum absolute atomic E-state index is 0.123. The Hall–Kier alpha value is -3.06. The van der Waals surface area contributed by atoms with Crippen LogP contribution in [-0.2, 0) is 20.2 Å². The maximum atomic E-state index is 11.8. The van der Waals surface area contributed by atoms with Crippen molar-refractivity contribution >= 4 is 48.1 Å². The first-order valence-electron chi connectivity index (χ1n) is 7.49. The summed E-state index contributed by atoms with van der Waals surface area (Å²) in [5, 5.41) is 17.8. The lowest BCUT2D eigenvalue weighted by Gasteiger charge is -2.11. The zero-order valence-electron chi connectivity index (χ0n) is 13.9. The number of fused-ring (bicyclic) bond motifs is 1. The van der Waals surface area contributed by atoms with Crippen LogP contribution in [0.2, 0.25) is 0 Å². The Morgan fingerprint density at radius 1 is 0.857 bits per heavy atom. The van der Waals surface area contributed by atoms with E-state index in [4.69, 9.17) is 5.73 Å². The third-order valence-electron chi connectivity index (χ3n) is 3.75. The Labute approximate surface area is 159 Å². The van der Waals surface area contributed by atoms with Crippen LogP contribution in [0.25, 0.3) is 10.8 Å². The number of anilines is 1. The van der Waals surface area contributed by atoms with Crippen molar-refractivity contribution in [3.8, 4) is 5.75 Å². The van der Waals surface area contributed by atoms with E-state index in [-0.39, 0.29) is 16.5 Å². The molecule has 0 aliphatic rings. The maximum absolute atomic E-state index is 11.8. The van der Waals surface area contributed by atoms with E-state index in [0.29, 0.717) is 5.69 Å². The van der Waals surface area contributed by atoms with Crippen LogP contribution >= 0.6 is 0 Å². The van der Waals surface area contributed by atoms with Gasteiger partial charge in [-0.25, -0.2) is 0 Å². The molecule has 0 saturated heterocycles. The Kier molecular flexibility index (Phi) is 4.81. The summed E-state index contributed by atoms with van der Waals surface area (Å²) < 4.78 is 65.0. The van der Waals surface area contributed by atoms with E-state index in [2.05, 4.69) is 10.2 Å². The maximum Gasteiger partial charge on any atom is 0.296 e. The van der Waals surface area contributed by atoms with E-state index in [1.165, 1.54) is 0 Å². The van der Waals surface area contributed by atoms with Crippen molar-refractivity contribution in [1.82, 2.24) is 0 Å². The number of phenols is 1. The number of aromatic hydroxyl groups is 1. The minimum atomic E-state index is -4.88. The standard InChI is InChI=1S/C16H13N3O7S2/c17-12-8-11(27(21,22)23)6-9-7-13(28(24,25)26)15(16(20)14(9)12)19-18-10-4-2-1-3-5-10/h1-8,20H,17H2,(H,21,22,23)(H,24,25,26). The van der Waals surface area contributed by atoms with Crippen molar-refractivity contribution in [2.75, 3.05) is 5.73 Å². The summed E-state index contributed by atoms with van der Waals surface area (Å²) in [5.41, 5.74) is 5.27. The number of nitrogens with two attached hydrogens (primary N) is 1. The van der Waals surface area contributed by atoms with Gasteiger partial charge in [-0.05, 0) is 35.7 Å². The summed E-state index contributed by atoms with van der Waals surface area (Å²) in [5.74, 6) is -0.732. The SMILES string of the molecule is Nc1cc(S(=O)(=O)O)cc2cc(S(=O)(=O)O)c(N=Nc3ccccc3)c(O)c12. The van der Waals surface area contributed by atoms with E-state index >= 15 is 0 Å². The highest BCUT2D eigenvalue weighted by Crippen LogP contribution is 2.44. The lowest BCUT2D eigenvalue weighted by molar-refractivity contribution is 0.472. The molecule has 146 valence electrons. The number of azo groups is 1. The molecular formula is C16H13N3O7S2. The van der Waals surface area contributed by atoms with Crippen LogP contribution in [0, 0.1) is 0 Å². The van der Waals surface area contributed by atoms with Crippen molar-refractivity contribution in [2.24, 2.45) is 10.2 Å². The van der Waals surface area contributed by atoms with Crippen molar-refractivity contribution in [1.29, 1.82) is 0 Å². The zero-order chi connectivity index (χ0) is 20.7. The highest BCUT2D eigenvalue weighted by Gasteiger charge is 2.24. The van der Waals surface area contributed by atoms with Crippen molar-refractivity contribution in [2.45, 2.75) is 9.79 Å². The predicted molar refractivity (Wildman–Crippen MR) is 100 cm³/mol. The van der Waals surface area contributed by atoms with Crippen LogP contribution in [0.1, 0.15) is 0 Å². The monoisotopic (exact) mass is 423 g/mol. The quantitative estimate of drug-likeness (QED) is 0.281. The molecule has 3 aromatic rings. The fourth-order valence-electron chi connectivity index (χ4n) is 2.54. The van der Waals surface area contributed by atoms with Gasteiger partial charge in [0.2, 0.25) is 0 Å². The molecule has 10 nitrogen and oxygen atoms in total. The first-order chi connectivity index (χ1) is 13.0. The first-order valence-corrected chi connectivity index (χ1v) is 10.4. The van der Waals surface area contributed by atoms with Crippen molar-refractivity contribution < 1.29 is 31.0 Å². The Morgan fingerprint density at radius 2 is 1.50 bits per heavy atom. The molecule has 0 bridgehead atoms. The highest BCUT2D eigenvalue weighted by atomic mass is 32.2. The summed E-state index contributed by atoms with van der Waals surface area (Å²) >= 11 is 0. The molecule has 0 aliphatic heterocycles. The molecule has 0 atom stereocenters. The molecule has 0 heterocycles. The second-order valence-electron chi connectivity index (χ2n) is 5.67. The van der Waals surface area contributed by atoms with Gasteiger partial charge in [-0.3, -0.25) is 9.11 Å². The van der Waals surface area contributed by atoms with E-state index in [9.17, 15) is 31.0 Å². The number of rotatable bonds is 4. The van der Waals surface area contributed by atoms with E-state index in [1.54, 1.807) is 30.3 Å². The molecule has 0 unspecified atom stereocenters. The fourth-order valence-corrected chi connectivity index (χ4v) is 3.75. The molecule has 12 heteroatoms. The van der Waals surface area contributed by atoms with Gasteiger partial charge >= 0.3 is 0 Å². The second kappa shape index (κ2) is 6.83. The van der Waals surface area contributed by atoms with Crippen LogP contribution in [0.3, 0.4) is 0 Å². The second-order valence-corrected chi connectivity index (χ2v) is 8.48. The van der Waals surface area contributed by atoms with Crippen LogP contribution in [0.4, 0.5) is 17.1 Å². The topological polar surface area (TPSA) is 180 Å². The van der Waals surface area contributed by atoms with Gasteiger partial charge in [0.25, 0.3) is 20.2 Å². The van der Waals surface area contributed by atoms with Gasteiger partial charge in [0.05, 0.1) is 10.6 Å². The molecular weight excluding hydrogens is 410 g/mol. The summed E-state index contributed by atoms with van der Waals surface area (Å²) in [4.78, 5) is -1.43. The van der Waals surface area contributed by atoms with Crippen molar-refractivity contribution in [3.63, 3.8) is 0 Å². The van der Waals surface area contributed by atoms with Crippen LogP contribution in [-0.4, -0.2) is 31.0 Å². The molecule has 3 aromatic carbocycles. The highest BCUT2D eigenvalue weighted by molar-refractivity contribution is 7.86. The van der Waals surface area contributed by atoms with Gasteiger partial charge in [0.1, 0.15) is 10.6 Å². The van der Waals surface area contributed by atoms with Gasteiger partial charge < -0.3 is 10.8 Å². The molecule has 0 spiro atoms. The van der Waals surface area contributed by atoms with E-state index in [0.717, 1.165) is 18.2 Å². The largest absolute Gasteiger partial charge is 0.505 e. The lowest BCUT2D eigenvalue weighted by atomic mass is 10.1. The minimum Gasteiger partial charge on any atom is -0.505 e. The Bertz CT molecular complexity index is 1320. The average Bonchev–Trinajstić information content (AvgIpc) is 2.59. The Balaban J connectivity index is 2.36. The number of nitrogens with zero attached hydrogens (tertiary/aromatic N) is 2. The lowest BCUT2D eigenvalue weighted by Crippen LogP contribution is -2.02. The van der Waals surface area contributed by atoms with E-state index in [1.807, 2.05) is 0 Å². The fraction of sp³-hybridized carbons (Fsp3) is 0. The smallest absolute Gasteiger partial charge is 0.296 e. The van der Waals surface area contributed by atoms with Gasteiger partial charge in [-0.2, -0.15) is 21.9 Å². The Morgan fingerprint density at radius 3 is 2.07 bits per heavy atom. The van der Waals surface area contributed by atoms with Crippen LogP contribution in [0.5, 0.6) is 5.75 Å². The number of nitrogen functional groups attached to an aromatic ring is 1. The zero-order valence-corrected chi connectivity index (χ0v) is 15.5. The summed E-state index contributed by atoms with van der Waals surface area (Å²) in [6.07, 6.45) is 0. The van der Waals surface area contributed by atoms with Gasteiger partial charge in [-0.15, -0.1) is 5.11 Å². The average molecular weight is 423 g/mol. The normalized spacial score (nSPS) is 12.6. The van der Waals surface area contributed by atoms with Crippen molar-refractivity contribution in [3.05, 3.63) is 48.5 Å². The molecule has 5 N–H and O–H groups in total. The molecule has 28 heavy (non-hydrogen) atoms. The molecule has 0 radical (unpaired) electrons. The summed E-state index contributed by atoms with van der Waals surface area (Å²) in [6.45, 7) is 0. The molecule has 0 fully saturated rings. The molecule has 3 rings (SSSR count). The number of hydrogen-bond acceptors (Lipinski definition) is 8. The van der Waals surface area contributed by atoms with Gasteiger partial charge in [-0.1, -0.05) is 18.2 Å². The third kappa shape index (κ3) is 3.80.